The zero-order chi connectivity index (χ0) is 21.1. The van der Waals surface area contributed by atoms with Gasteiger partial charge in [-0.2, -0.15) is 9.78 Å². The minimum absolute atomic E-state index is 0.0516. The first-order valence-corrected chi connectivity index (χ1v) is 10.1. The summed E-state index contributed by atoms with van der Waals surface area (Å²) in [6.45, 7) is 2.25. The fourth-order valence-corrected chi connectivity index (χ4v) is 3.72. The van der Waals surface area contributed by atoms with Crippen LogP contribution in [0.1, 0.15) is 43.0 Å². The van der Waals surface area contributed by atoms with Crippen LogP contribution in [0.4, 0.5) is 0 Å². The molecule has 4 rings (SSSR count). The minimum atomic E-state index is -0.122. The van der Waals surface area contributed by atoms with Crippen molar-refractivity contribution in [3.8, 4) is 28.7 Å². The maximum absolute atomic E-state index is 12.5. The molecule has 1 aliphatic carbocycles. The SMILES string of the molecule is COc1cc(-c2cnn(-c3ccc(C(=O)N[C@H]4CC[C@@H](C)CC4)cn3)c2O)ccn1. The lowest BCUT2D eigenvalue weighted by molar-refractivity contribution is 0.0922. The molecular formula is C22H25N5O3. The Labute approximate surface area is 174 Å². The molecular weight excluding hydrogens is 382 g/mol. The zero-order valence-electron chi connectivity index (χ0n) is 17.1. The van der Waals surface area contributed by atoms with Crippen LogP contribution in [0, 0.1) is 5.92 Å². The van der Waals surface area contributed by atoms with Gasteiger partial charge in [-0.25, -0.2) is 9.97 Å². The third kappa shape index (κ3) is 4.12. The fourth-order valence-electron chi connectivity index (χ4n) is 3.72. The van der Waals surface area contributed by atoms with E-state index in [1.165, 1.54) is 18.0 Å². The molecule has 0 spiro atoms. The highest BCUT2D eigenvalue weighted by Gasteiger charge is 2.21. The molecule has 3 heterocycles. The quantitative estimate of drug-likeness (QED) is 0.672. The number of nitrogens with one attached hydrogen (secondary N) is 1. The maximum Gasteiger partial charge on any atom is 0.253 e. The second kappa shape index (κ2) is 8.52. The van der Waals surface area contributed by atoms with Crippen molar-refractivity contribution >= 4 is 5.91 Å². The Morgan fingerprint density at radius 2 is 1.97 bits per heavy atom. The molecule has 1 saturated carbocycles. The molecule has 0 saturated heterocycles. The van der Waals surface area contributed by atoms with E-state index in [0.717, 1.165) is 37.2 Å². The molecule has 8 heteroatoms. The maximum atomic E-state index is 12.5. The third-order valence-corrected chi connectivity index (χ3v) is 5.58. The van der Waals surface area contributed by atoms with E-state index in [9.17, 15) is 9.90 Å². The summed E-state index contributed by atoms with van der Waals surface area (Å²) in [7, 11) is 1.53. The van der Waals surface area contributed by atoms with Crippen molar-refractivity contribution in [3.63, 3.8) is 0 Å². The smallest absolute Gasteiger partial charge is 0.253 e. The second-order valence-corrected chi connectivity index (χ2v) is 7.72. The van der Waals surface area contributed by atoms with Gasteiger partial charge in [0.15, 0.2) is 5.82 Å². The first kappa shape index (κ1) is 19.9. The molecule has 156 valence electrons. The normalized spacial score (nSPS) is 18.7. The van der Waals surface area contributed by atoms with Crippen molar-refractivity contribution in [2.24, 2.45) is 5.92 Å². The van der Waals surface area contributed by atoms with Crippen LogP contribution in [0.25, 0.3) is 16.9 Å². The number of amides is 1. The van der Waals surface area contributed by atoms with Crippen molar-refractivity contribution in [1.29, 1.82) is 0 Å². The highest BCUT2D eigenvalue weighted by molar-refractivity contribution is 5.94. The van der Waals surface area contributed by atoms with E-state index in [2.05, 4.69) is 27.3 Å². The van der Waals surface area contributed by atoms with E-state index in [-0.39, 0.29) is 17.8 Å². The molecule has 3 aromatic heterocycles. The van der Waals surface area contributed by atoms with Crippen LogP contribution in [-0.2, 0) is 0 Å². The Kier molecular flexibility index (Phi) is 5.65. The number of rotatable bonds is 5. The lowest BCUT2D eigenvalue weighted by Crippen LogP contribution is -2.37. The van der Waals surface area contributed by atoms with Gasteiger partial charge in [0.25, 0.3) is 5.91 Å². The Hall–Kier alpha value is -3.42. The number of aromatic hydroxyl groups is 1. The number of hydrogen-bond donors (Lipinski definition) is 2. The highest BCUT2D eigenvalue weighted by atomic mass is 16.5. The standard InChI is InChI=1S/C22H25N5O3/c1-14-3-6-17(7-4-14)26-21(28)16-5-8-19(24-12-16)27-22(29)18(13-25-27)15-9-10-23-20(11-15)30-2/h5,8-14,17,29H,3-4,6-7H2,1-2H3,(H,26,28)/t14-,17+. The second-order valence-electron chi connectivity index (χ2n) is 7.72. The molecule has 1 fully saturated rings. The van der Waals surface area contributed by atoms with Gasteiger partial charge in [0.05, 0.1) is 24.4 Å². The van der Waals surface area contributed by atoms with Crippen molar-refractivity contribution < 1.29 is 14.6 Å². The van der Waals surface area contributed by atoms with Crippen LogP contribution in [0.3, 0.4) is 0 Å². The number of hydrogen-bond acceptors (Lipinski definition) is 6. The molecule has 0 radical (unpaired) electrons. The van der Waals surface area contributed by atoms with Crippen LogP contribution in [0.2, 0.25) is 0 Å². The van der Waals surface area contributed by atoms with Gasteiger partial charge in [-0.15, -0.1) is 0 Å². The van der Waals surface area contributed by atoms with Gasteiger partial charge in [0, 0.05) is 24.5 Å². The summed E-state index contributed by atoms with van der Waals surface area (Å²) in [5, 5.41) is 18.0. The van der Waals surface area contributed by atoms with Crippen LogP contribution in [0.15, 0.2) is 42.9 Å². The summed E-state index contributed by atoms with van der Waals surface area (Å²) in [4.78, 5) is 20.9. The number of aromatic nitrogens is 4. The van der Waals surface area contributed by atoms with Crippen molar-refractivity contribution in [3.05, 3.63) is 48.4 Å². The molecule has 1 aliphatic rings. The monoisotopic (exact) mass is 407 g/mol. The predicted molar refractivity (Wildman–Crippen MR) is 112 cm³/mol. The Bertz CT molecular complexity index is 1020. The van der Waals surface area contributed by atoms with Gasteiger partial charge in [-0.05, 0) is 55.4 Å². The Morgan fingerprint density at radius 1 is 1.17 bits per heavy atom. The summed E-state index contributed by atoms with van der Waals surface area (Å²) < 4.78 is 6.46. The van der Waals surface area contributed by atoms with Gasteiger partial charge in [0.2, 0.25) is 11.8 Å². The molecule has 0 bridgehead atoms. The number of ether oxygens (including phenoxy) is 1. The molecule has 0 atom stereocenters. The van der Waals surface area contributed by atoms with E-state index in [1.807, 2.05) is 0 Å². The van der Waals surface area contributed by atoms with Crippen molar-refractivity contribution in [2.75, 3.05) is 7.11 Å². The van der Waals surface area contributed by atoms with Crippen LogP contribution < -0.4 is 10.1 Å². The summed E-state index contributed by atoms with van der Waals surface area (Å²) in [6, 6.07) is 7.06. The summed E-state index contributed by atoms with van der Waals surface area (Å²) in [5.74, 6) is 1.43. The topological polar surface area (TPSA) is 102 Å². The number of nitrogens with zero attached hydrogens (tertiary/aromatic N) is 4. The Balaban J connectivity index is 1.49. The van der Waals surface area contributed by atoms with Gasteiger partial charge in [0.1, 0.15) is 0 Å². The molecule has 0 aromatic carbocycles. The first-order valence-electron chi connectivity index (χ1n) is 10.1. The third-order valence-electron chi connectivity index (χ3n) is 5.58. The first-order chi connectivity index (χ1) is 14.5. The van der Waals surface area contributed by atoms with E-state index in [0.29, 0.717) is 22.8 Å². The van der Waals surface area contributed by atoms with Crippen molar-refractivity contribution in [2.45, 2.75) is 38.6 Å². The summed E-state index contributed by atoms with van der Waals surface area (Å²) in [6.07, 6.45) is 8.98. The summed E-state index contributed by atoms with van der Waals surface area (Å²) in [5.41, 5.74) is 1.75. The van der Waals surface area contributed by atoms with Crippen LogP contribution >= 0.6 is 0 Å². The fraction of sp³-hybridized carbons (Fsp3) is 0.364. The molecule has 0 unspecified atom stereocenters. The molecule has 3 aromatic rings. The molecule has 8 nitrogen and oxygen atoms in total. The zero-order valence-corrected chi connectivity index (χ0v) is 17.1. The van der Waals surface area contributed by atoms with Crippen LogP contribution in [0.5, 0.6) is 11.8 Å². The van der Waals surface area contributed by atoms with Gasteiger partial charge in [-0.3, -0.25) is 4.79 Å². The summed E-state index contributed by atoms with van der Waals surface area (Å²) >= 11 is 0. The average Bonchev–Trinajstić information content (AvgIpc) is 3.16. The number of carbonyl (C=O) groups excluding carboxylic acids is 1. The van der Waals surface area contributed by atoms with E-state index < -0.39 is 0 Å². The predicted octanol–water partition coefficient (Wildman–Crippen LogP) is 3.35. The van der Waals surface area contributed by atoms with Crippen molar-refractivity contribution in [1.82, 2.24) is 25.1 Å². The average molecular weight is 407 g/mol. The van der Waals surface area contributed by atoms with Crippen LogP contribution in [-0.4, -0.2) is 43.9 Å². The largest absolute Gasteiger partial charge is 0.493 e. The number of pyridine rings is 2. The van der Waals surface area contributed by atoms with E-state index in [4.69, 9.17) is 4.74 Å². The number of carbonyl (C=O) groups is 1. The van der Waals surface area contributed by atoms with Gasteiger partial charge in [-0.1, -0.05) is 6.92 Å². The van der Waals surface area contributed by atoms with Gasteiger partial charge < -0.3 is 15.2 Å². The highest BCUT2D eigenvalue weighted by Crippen LogP contribution is 2.31. The molecule has 0 aliphatic heterocycles. The molecule has 2 N–H and O–H groups in total. The Morgan fingerprint density at radius 3 is 2.67 bits per heavy atom. The van der Waals surface area contributed by atoms with Gasteiger partial charge >= 0.3 is 0 Å². The number of methoxy groups -OCH3 is 1. The lowest BCUT2D eigenvalue weighted by atomic mass is 9.87. The minimum Gasteiger partial charge on any atom is -0.493 e. The lowest BCUT2D eigenvalue weighted by Gasteiger charge is -2.26. The molecule has 1 amide bonds. The van der Waals surface area contributed by atoms with E-state index in [1.54, 1.807) is 36.7 Å². The van der Waals surface area contributed by atoms with E-state index >= 15 is 0 Å². The molecule has 30 heavy (non-hydrogen) atoms.